The molecule has 0 aliphatic heterocycles. The van der Waals surface area contributed by atoms with Crippen LogP contribution < -0.4 is 0 Å². The molecule has 0 heterocycles. The van der Waals surface area contributed by atoms with Crippen molar-refractivity contribution < 1.29 is 17.1 Å². The van der Waals surface area contributed by atoms with Crippen molar-refractivity contribution in [1.82, 2.24) is 0 Å². The molecule has 0 aromatic carbocycles. The largest absolute Gasteiger partial charge is 0 e. The Morgan fingerprint density at radius 2 is 0.500 bits per heavy atom. The molecule has 0 aliphatic rings. The van der Waals surface area contributed by atoms with Gasteiger partial charge in [-0.1, -0.05) is 0 Å². The Morgan fingerprint density at radius 1 is 0.500 bits per heavy atom. The van der Waals surface area contributed by atoms with Gasteiger partial charge in [-0.25, -0.2) is 0 Å². The van der Waals surface area contributed by atoms with E-state index in [1.54, 1.807) is 0 Å². The minimum absolute atomic E-state index is 0. The molecular weight excluding hydrogens is 176 g/mol. The first-order chi connectivity index (χ1) is 0. The summed E-state index contributed by atoms with van der Waals surface area (Å²) in [5, 5.41) is 0. The summed E-state index contributed by atoms with van der Waals surface area (Å²) >= 11 is 0. The molecule has 0 aromatic heterocycles. The monoisotopic (exact) mass is 182 g/mol. The molecule has 0 radical (unpaired) electrons. The fraction of sp³-hybridized carbons (Fsp3) is 0. The van der Waals surface area contributed by atoms with Crippen LogP contribution >= 0.6 is 0 Å². The van der Waals surface area contributed by atoms with Crippen LogP contribution in [0.3, 0.4) is 0 Å². The predicted octanol–water partition coefficient (Wildman–Crippen LogP) is -2.75. The van der Waals surface area contributed by atoms with Gasteiger partial charge in [-0.2, -0.15) is 0 Å². The van der Waals surface area contributed by atoms with Gasteiger partial charge in [0.25, 0.3) is 0 Å². The molecule has 0 fully saturated rings. The van der Waals surface area contributed by atoms with Crippen LogP contribution in [-0.2, 0) is 17.1 Å². The van der Waals surface area contributed by atoms with Crippen LogP contribution in [0, 0.1) is 0 Å². The van der Waals surface area contributed by atoms with E-state index >= 15 is 0 Å². The van der Waals surface area contributed by atoms with E-state index in [4.69, 9.17) is 0 Å². The average molecular weight is 182 g/mol. The van der Waals surface area contributed by atoms with E-state index in [2.05, 4.69) is 0 Å². The van der Waals surface area contributed by atoms with Gasteiger partial charge in [0.1, 0.15) is 0 Å². The molecule has 0 rings (SSSR count). The molecule has 0 N–H and O–H groups in total. The average Bonchev–Trinajstić information content (AvgIpc) is 0. The Balaban J connectivity index is 0. The maximum absolute atomic E-state index is 0. The molecule has 0 aliphatic carbocycles. The summed E-state index contributed by atoms with van der Waals surface area (Å²) < 4.78 is 0. The minimum Gasteiger partial charge on any atom is 0 e. The van der Waals surface area contributed by atoms with Gasteiger partial charge < -0.3 is 0 Å². The van der Waals surface area contributed by atoms with Crippen molar-refractivity contribution in [2.24, 2.45) is 0 Å². The molecule has 0 saturated carbocycles. The zero-order valence-electron chi connectivity index (χ0n) is 0.354. The van der Waals surface area contributed by atoms with Gasteiger partial charge in [-0.15, -0.1) is 0 Å². The first-order valence-corrected chi connectivity index (χ1v) is 0. The quantitative estimate of drug-likeness (QED) is 0.356. The van der Waals surface area contributed by atoms with Crippen LogP contribution in [0.1, 0.15) is 0 Å². The van der Waals surface area contributed by atoms with Crippen LogP contribution in [0.5, 0.6) is 0 Å². The molecule has 0 saturated heterocycles. The van der Waals surface area contributed by atoms with Gasteiger partial charge in [0.15, 0.2) is 0 Å². The maximum atomic E-state index is 0. The second-order valence-electron chi connectivity index (χ2n) is 0. The van der Waals surface area contributed by atoms with E-state index in [9.17, 15) is 0 Å². The van der Waals surface area contributed by atoms with Crippen molar-refractivity contribution in [1.29, 1.82) is 0 Å². The molecule has 0 spiro atoms. The standard InChI is InChI=1S/3Ca.Fe.6H. The SMILES string of the molecule is [CaH2].[CaH2].[CaH2].[Fe]. The third-order valence-corrected chi connectivity index (χ3v) is 0. The summed E-state index contributed by atoms with van der Waals surface area (Å²) in [4.78, 5) is 0. The van der Waals surface area contributed by atoms with E-state index in [0.717, 1.165) is 0 Å². The van der Waals surface area contributed by atoms with Gasteiger partial charge in [0, 0.05) is 17.1 Å². The molecule has 0 bridgehead atoms. The molecule has 0 amide bonds. The molecular formula is H6Ca3Fe. The maximum Gasteiger partial charge on any atom is 0 e. The molecule has 4 heteroatoms. The first kappa shape index (κ1) is 23.9. The van der Waals surface area contributed by atoms with Crippen molar-refractivity contribution in [2.75, 3.05) is 0 Å². The van der Waals surface area contributed by atoms with Gasteiger partial charge in [-0.3, -0.25) is 0 Å². The molecule has 0 atom stereocenters. The van der Waals surface area contributed by atoms with Gasteiger partial charge in [-0.05, 0) is 0 Å². The summed E-state index contributed by atoms with van der Waals surface area (Å²) in [5.41, 5.74) is 0. The van der Waals surface area contributed by atoms with Gasteiger partial charge in [0.2, 0.25) is 0 Å². The minimum atomic E-state index is 0. The fourth-order valence-corrected chi connectivity index (χ4v) is 0. The van der Waals surface area contributed by atoms with Crippen molar-refractivity contribution in [3.05, 3.63) is 0 Å². The van der Waals surface area contributed by atoms with Crippen LogP contribution in [0.15, 0.2) is 0 Å². The normalized spacial score (nSPS) is 0. The smallest absolute Gasteiger partial charge is 0 e. The first-order valence-electron chi connectivity index (χ1n) is 0. The van der Waals surface area contributed by atoms with E-state index in [1.165, 1.54) is 0 Å². The Morgan fingerprint density at radius 3 is 0.500 bits per heavy atom. The van der Waals surface area contributed by atoms with Crippen molar-refractivity contribution in [2.45, 2.75) is 0 Å². The zero-order valence-corrected chi connectivity index (χ0v) is 1.46. The molecule has 0 unspecified atom stereocenters. The second-order valence-corrected chi connectivity index (χ2v) is 0. The second kappa shape index (κ2) is 15.7. The fourth-order valence-electron chi connectivity index (χ4n) is 0. The Kier molecular flexibility index (Phi) is 93.7. The van der Waals surface area contributed by atoms with Crippen LogP contribution in [-0.4, -0.2) is 113 Å². The summed E-state index contributed by atoms with van der Waals surface area (Å²) in [5.74, 6) is 0. The predicted molar refractivity (Wildman–Crippen MR) is 25.6 cm³/mol. The molecule has 0 aromatic rings. The number of hydrogen-bond acceptors (Lipinski definition) is 0. The summed E-state index contributed by atoms with van der Waals surface area (Å²) in [6.07, 6.45) is 0. The third kappa shape index (κ3) is 9.57. The van der Waals surface area contributed by atoms with E-state index in [1.807, 2.05) is 0 Å². The molecule has 0 nitrogen and oxygen atoms in total. The molecule has 20 valence electrons. The van der Waals surface area contributed by atoms with Gasteiger partial charge in [0.05, 0.1) is 0 Å². The van der Waals surface area contributed by atoms with E-state index in [0.29, 0.717) is 0 Å². The number of hydrogen-bond donors (Lipinski definition) is 0. The Bertz CT molecular complexity index is 3.25. The Hall–Kier alpha value is 4.30. The van der Waals surface area contributed by atoms with Crippen molar-refractivity contribution in [3.8, 4) is 0 Å². The van der Waals surface area contributed by atoms with E-state index in [-0.39, 0.29) is 130 Å². The summed E-state index contributed by atoms with van der Waals surface area (Å²) in [7, 11) is 0. The summed E-state index contributed by atoms with van der Waals surface area (Å²) in [6, 6.07) is 0. The Labute approximate surface area is 126 Å². The van der Waals surface area contributed by atoms with Crippen molar-refractivity contribution in [3.63, 3.8) is 0 Å². The van der Waals surface area contributed by atoms with Crippen molar-refractivity contribution >= 4 is 113 Å². The number of rotatable bonds is 0. The third-order valence-electron chi connectivity index (χ3n) is 0. The van der Waals surface area contributed by atoms with Crippen LogP contribution in [0.4, 0.5) is 0 Å². The molecule has 4 heavy (non-hydrogen) atoms. The zero-order chi connectivity index (χ0) is 0. The van der Waals surface area contributed by atoms with Gasteiger partial charge >= 0.3 is 113 Å². The van der Waals surface area contributed by atoms with E-state index < -0.39 is 0 Å². The summed E-state index contributed by atoms with van der Waals surface area (Å²) in [6.45, 7) is 0. The van der Waals surface area contributed by atoms with Crippen LogP contribution in [0.2, 0.25) is 0 Å². The topological polar surface area (TPSA) is 0 Å². The van der Waals surface area contributed by atoms with Crippen LogP contribution in [0.25, 0.3) is 0 Å².